The Hall–Kier alpha value is -1.03. The number of para-hydroxylation sites is 1. The van der Waals surface area contributed by atoms with Gasteiger partial charge < -0.3 is 14.6 Å². The Morgan fingerprint density at radius 3 is 2.79 bits per heavy atom. The fourth-order valence-electron chi connectivity index (χ4n) is 1.23. The van der Waals surface area contributed by atoms with Gasteiger partial charge in [0.15, 0.2) is 11.5 Å². The van der Waals surface area contributed by atoms with E-state index in [1.165, 1.54) is 0 Å². The first-order valence-electron chi connectivity index (χ1n) is 4.41. The Morgan fingerprint density at radius 2 is 2.21 bits per heavy atom. The normalized spacial score (nSPS) is 16.1. The highest BCUT2D eigenvalue weighted by Crippen LogP contribution is 2.38. The van der Waals surface area contributed by atoms with E-state index in [2.05, 4.69) is 0 Å². The van der Waals surface area contributed by atoms with Crippen molar-refractivity contribution in [3.63, 3.8) is 0 Å². The van der Waals surface area contributed by atoms with Gasteiger partial charge in [0.1, 0.15) is 6.10 Å². The quantitative estimate of drug-likeness (QED) is 0.830. The van der Waals surface area contributed by atoms with Gasteiger partial charge in [-0.15, -0.1) is 0 Å². The van der Waals surface area contributed by atoms with Crippen molar-refractivity contribution in [2.75, 3.05) is 18.6 Å². The van der Waals surface area contributed by atoms with Crippen molar-refractivity contribution in [2.45, 2.75) is 6.10 Å². The monoisotopic (exact) mass is 212 g/mol. The molecule has 1 aromatic rings. The van der Waals surface area contributed by atoms with Crippen LogP contribution in [-0.4, -0.2) is 29.8 Å². The Balaban J connectivity index is 2.19. The highest BCUT2D eigenvalue weighted by atomic mass is 32.2. The van der Waals surface area contributed by atoms with Gasteiger partial charge in [-0.2, -0.15) is 11.8 Å². The largest absolute Gasteiger partial charge is 0.504 e. The molecule has 2 rings (SSSR count). The predicted molar refractivity (Wildman–Crippen MR) is 56.4 cm³/mol. The lowest BCUT2D eigenvalue weighted by Crippen LogP contribution is -2.31. The van der Waals surface area contributed by atoms with Crippen molar-refractivity contribution >= 4 is 11.8 Å². The summed E-state index contributed by atoms with van der Waals surface area (Å²) in [6.07, 6.45) is 0.210. The first-order valence-corrected chi connectivity index (χ1v) is 5.57. The average Bonchev–Trinajstić information content (AvgIpc) is 2.12. The molecule has 0 amide bonds. The molecule has 0 atom stereocenters. The summed E-state index contributed by atoms with van der Waals surface area (Å²) in [6.45, 7) is 0. The fraction of sp³-hybridized carbons (Fsp3) is 0.400. The second-order valence-electron chi connectivity index (χ2n) is 3.09. The number of hydrogen-bond acceptors (Lipinski definition) is 4. The standard InChI is InChI=1S/C10H12O3S/c1-12-9-4-2-3-8(11)10(9)13-7-5-14-6-7/h2-4,7,11H,5-6H2,1H3. The number of methoxy groups -OCH3 is 1. The van der Waals surface area contributed by atoms with E-state index in [0.29, 0.717) is 11.5 Å². The summed E-state index contributed by atoms with van der Waals surface area (Å²) in [5, 5.41) is 9.58. The summed E-state index contributed by atoms with van der Waals surface area (Å²) in [4.78, 5) is 0. The molecule has 0 aromatic heterocycles. The van der Waals surface area contributed by atoms with Gasteiger partial charge in [0.25, 0.3) is 0 Å². The van der Waals surface area contributed by atoms with Crippen molar-refractivity contribution in [3.8, 4) is 17.2 Å². The Morgan fingerprint density at radius 1 is 1.43 bits per heavy atom. The van der Waals surface area contributed by atoms with Crippen LogP contribution in [0.5, 0.6) is 17.2 Å². The smallest absolute Gasteiger partial charge is 0.203 e. The molecule has 3 nitrogen and oxygen atoms in total. The maximum atomic E-state index is 9.58. The number of thioether (sulfide) groups is 1. The maximum absolute atomic E-state index is 9.58. The van der Waals surface area contributed by atoms with Crippen LogP contribution in [0.4, 0.5) is 0 Å². The third-order valence-corrected chi connectivity index (χ3v) is 3.29. The van der Waals surface area contributed by atoms with Crippen molar-refractivity contribution in [2.24, 2.45) is 0 Å². The molecule has 1 aliphatic heterocycles. The number of hydrogen-bond donors (Lipinski definition) is 1. The minimum Gasteiger partial charge on any atom is -0.504 e. The molecule has 1 aliphatic rings. The summed E-state index contributed by atoms with van der Waals surface area (Å²) in [5.74, 6) is 3.15. The zero-order valence-electron chi connectivity index (χ0n) is 7.90. The molecule has 1 heterocycles. The highest BCUT2D eigenvalue weighted by Gasteiger charge is 2.22. The van der Waals surface area contributed by atoms with Crippen LogP contribution in [0.2, 0.25) is 0 Å². The van der Waals surface area contributed by atoms with Crippen LogP contribution in [0.1, 0.15) is 0 Å². The van der Waals surface area contributed by atoms with Crippen molar-refractivity contribution in [1.82, 2.24) is 0 Å². The molecule has 4 heteroatoms. The van der Waals surface area contributed by atoms with E-state index in [-0.39, 0.29) is 11.9 Å². The molecule has 0 spiro atoms. The Labute approximate surface area is 87.0 Å². The third-order valence-electron chi connectivity index (χ3n) is 2.07. The van der Waals surface area contributed by atoms with Crippen LogP contribution in [0.25, 0.3) is 0 Å². The maximum Gasteiger partial charge on any atom is 0.203 e. The Kier molecular flexibility index (Phi) is 2.72. The van der Waals surface area contributed by atoms with Crippen molar-refractivity contribution in [3.05, 3.63) is 18.2 Å². The van der Waals surface area contributed by atoms with Crippen LogP contribution in [-0.2, 0) is 0 Å². The lowest BCUT2D eigenvalue weighted by molar-refractivity contribution is 0.218. The third kappa shape index (κ3) is 1.75. The van der Waals surface area contributed by atoms with Gasteiger partial charge in [-0.05, 0) is 12.1 Å². The molecular weight excluding hydrogens is 200 g/mol. The first-order chi connectivity index (χ1) is 6.81. The number of phenolic OH excluding ortho intramolecular Hbond substituents is 1. The van der Waals surface area contributed by atoms with Gasteiger partial charge in [0.05, 0.1) is 7.11 Å². The van der Waals surface area contributed by atoms with E-state index >= 15 is 0 Å². The Bertz CT molecular complexity index is 323. The summed E-state index contributed by atoms with van der Waals surface area (Å²) < 4.78 is 10.7. The van der Waals surface area contributed by atoms with E-state index in [9.17, 15) is 5.11 Å². The van der Waals surface area contributed by atoms with Gasteiger partial charge in [0, 0.05) is 11.5 Å². The first kappa shape index (κ1) is 9.52. The number of ether oxygens (including phenoxy) is 2. The van der Waals surface area contributed by atoms with Gasteiger partial charge in [-0.1, -0.05) is 6.07 Å². The van der Waals surface area contributed by atoms with Crippen LogP contribution < -0.4 is 9.47 Å². The van der Waals surface area contributed by atoms with Gasteiger partial charge >= 0.3 is 0 Å². The van der Waals surface area contributed by atoms with E-state index in [0.717, 1.165) is 11.5 Å². The summed E-state index contributed by atoms with van der Waals surface area (Å²) in [6, 6.07) is 5.11. The zero-order valence-corrected chi connectivity index (χ0v) is 8.71. The minimum absolute atomic E-state index is 0.140. The van der Waals surface area contributed by atoms with E-state index in [4.69, 9.17) is 9.47 Å². The van der Waals surface area contributed by atoms with E-state index < -0.39 is 0 Å². The van der Waals surface area contributed by atoms with Gasteiger partial charge in [0.2, 0.25) is 5.75 Å². The summed E-state index contributed by atoms with van der Waals surface area (Å²) in [5.41, 5.74) is 0. The van der Waals surface area contributed by atoms with Crippen molar-refractivity contribution < 1.29 is 14.6 Å². The van der Waals surface area contributed by atoms with Gasteiger partial charge in [-0.25, -0.2) is 0 Å². The number of aromatic hydroxyl groups is 1. The zero-order chi connectivity index (χ0) is 9.97. The van der Waals surface area contributed by atoms with Crippen LogP contribution >= 0.6 is 11.8 Å². The van der Waals surface area contributed by atoms with Crippen molar-refractivity contribution in [1.29, 1.82) is 0 Å². The molecule has 76 valence electrons. The molecule has 1 N–H and O–H groups in total. The van der Waals surface area contributed by atoms with Crippen LogP contribution in [0.3, 0.4) is 0 Å². The topological polar surface area (TPSA) is 38.7 Å². The number of benzene rings is 1. The molecule has 1 fully saturated rings. The fourth-order valence-corrected chi connectivity index (χ4v) is 1.80. The molecule has 0 aliphatic carbocycles. The number of rotatable bonds is 3. The molecule has 1 aromatic carbocycles. The van der Waals surface area contributed by atoms with E-state index in [1.807, 2.05) is 11.8 Å². The SMILES string of the molecule is COc1cccc(O)c1OC1CSC1. The molecular formula is C10H12O3S. The molecule has 0 unspecified atom stereocenters. The van der Waals surface area contributed by atoms with E-state index in [1.54, 1.807) is 25.3 Å². The average molecular weight is 212 g/mol. The molecule has 1 saturated heterocycles. The van der Waals surface area contributed by atoms with Crippen LogP contribution in [0.15, 0.2) is 18.2 Å². The second kappa shape index (κ2) is 4.00. The molecule has 0 saturated carbocycles. The number of phenols is 1. The van der Waals surface area contributed by atoms with Crippen LogP contribution in [0, 0.1) is 0 Å². The summed E-state index contributed by atoms with van der Waals surface area (Å²) >= 11 is 1.84. The second-order valence-corrected chi connectivity index (χ2v) is 4.16. The lowest BCUT2D eigenvalue weighted by Gasteiger charge is -2.26. The highest BCUT2D eigenvalue weighted by molar-refractivity contribution is 8.00. The minimum atomic E-state index is 0.140. The summed E-state index contributed by atoms with van der Waals surface area (Å²) in [7, 11) is 1.57. The molecule has 0 bridgehead atoms. The van der Waals surface area contributed by atoms with Gasteiger partial charge in [-0.3, -0.25) is 0 Å². The lowest BCUT2D eigenvalue weighted by atomic mass is 10.3. The molecule has 0 radical (unpaired) electrons. The predicted octanol–water partition coefficient (Wildman–Crippen LogP) is 1.89. The molecule has 14 heavy (non-hydrogen) atoms.